The molecular formula is C26H16Cl2F2N2O4S. The molecule has 1 saturated heterocycles. The van der Waals surface area contributed by atoms with Gasteiger partial charge in [0.05, 0.1) is 34.0 Å². The molecule has 0 bridgehead atoms. The molecule has 0 saturated carbocycles. The van der Waals surface area contributed by atoms with Crippen molar-refractivity contribution in [3.05, 3.63) is 92.5 Å². The number of aryl methyl sites for hydroxylation is 1. The highest BCUT2D eigenvalue weighted by Gasteiger charge is 2.48. The molecule has 0 radical (unpaired) electrons. The van der Waals surface area contributed by atoms with E-state index in [1.807, 2.05) is 13.0 Å². The maximum absolute atomic E-state index is 14.4. The normalized spacial score (nSPS) is 17.1. The fourth-order valence-corrected chi connectivity index (χ4v) is 5.92. The Kier molecular flexibility index (Phi) is 6.39. The van der Waals surface area contributed by atoms with Crippen molar-refractivity contribution in [1.29, 1.82) is 0 Å². The lowest BCUT2D eigenvalue weighted by Gasteiger charge is -2.23. The molecule has 188 valence electrons. The number of ketones is 1. The Morgan fingerprint density at radius 1 is 1.14 bits per heavy atom. The molecular weight excluding hydrogens is 545 g/mol. The quantitative estimate of drug-likeness (QED) is 0.168. The number of nitrogens with zero attached hydrogens (tertiary/aromatic N) is 2. The summed E-state index contributed by atoms with van der Waals surface area (Å²) in [4.78, 5) is 32.1. The highest BCUT2D eigenvalue weighted by Crippen LogP contribution is 2.46. The minimum absolute atomic E-state index is 0.00747. The van der Waals surface area contributed by atoms with Crippen molar-refractivity contribution >= 4 is 67.3 Å². The van der Waals surface area contributed by atoms with Gasteiger partial charge in [-0.15, -0.1) is 0 Å². The second kappa shape index (κ2) is 9.41. The number of benzene rings is 3. The highest BCUT2D eigenvalue weighted by molar-refractivity contribution is 7.22. The topological polar surface area (TPSA) is 79.7 Å². The van der Waals surface area contributed by atoms with Gasteiger partial charge >= 0.3 is 5.91 Å². The van der Waals surface area contributed by atoms with Crippen LogP contribution >= 0.6 is 34.5 Å². The van der Waals surface area contributed by atoms with Gasteiger partial charge in [0.1, 0.15) is 22.8 Å². The van der Waals surface area contributed by atoms with Crippen LogP contribution in [0.25, 0.3) is 16.0 Å². The maximum atomic E-state index is 14.4. The summed E-state index contributed by atoms with van der Waals surface area (Å²) in [5.41, 5.74) is 0.906. The van der Waals surface area contributed by atoms with E-state index in [4.69, 9.17) is 27.9 Å². The number of amides is 1. The van der Waals surface area contributed by atoms with Gasteiger partial charge in [-0.05, 0) is 30.7 Å². The third-order valence-electron chi connectivity index (χ3n) is 5.88. The van der Waals surface area contributed by atoms with E-state index >= 15 is 0 Å². The lowest BCUT2D eigenvalue weighted by atomic mass is 9.94. The van der Waals surface area contributed by atoms with Crippen LogP contribution in [0.2, 0.25) is 10.0 Å². The standard InChI is InChI=1S/C26H16Cl2F2N2O4S/c1-11-4-3-5-12(6-11)21-19(22(33)15-7-13(27)8-16(28)24(15)36-2)23(34)25(35)32(21)26-31-20-17(30)9-14(29)10-18(20)37-26/h3-10,21,33H,1-2H3/b22-19+. The molecule has 1 amide bonds. The van der Waals surface area contributed by atoms with Gasteiger partial charge in [0.15, 0.2) is 10.9 Å². The van der Waals surface area contributed by atoms with Crippen LogP contribution in [-0.2, 0) is 9.59 Å². The van der Waals surface area contributed by atoms with Crippen LogP contribution in [-0.4, -0.2) is 28.9 Å². The van der Waals surface area contributed by atoms with E-state index in [0.29, 0.717) is 11.6 Å². The Hall–Kier alpha value is -3.53. The van der Waals surface area contributed by atoms with Gasteiger partial charge in [0, 0.05) is 11.1 Å². The zero-order chi connectivity index (χ0) is 26.6. The molecule has 0 spiro atoms. The number of anilines is 1. The number of aliphatic hydroxyl groups excluding tert-OH is 1. The molecule has 1 fully saturated rings. The summed E-state index contributed by atoms with van der Waals surface area (Å²) < 4.78 is 33.7. The van der Waals surface area contributed by atoms with Gasteiger partial charge in [-0.25, -0.2) is 13.8 Å². The molecule has 1 aliphatic heterocycles. The number of aromatic nitrogens is 1. The first-order valence-electron chi connectivity index (χ1n) is 10.8. The molecule has 1 aliphatic rings. The van der Waals surface area contributed by atoms with Crippen LogP contribution in [0.3, 0.4) is 0 Å². The largest absolute Gasteiger partial charge is 0.507 e. The monoisotopic (exact) mass is 560 g/mol. The van der Waals surface area contributed by atoms with Crippen molar-refractivity contribution in [3.63, 3.8) is 0 Å². The molecule has 37 heavy (non-hydrogen) atoms. The van der Waals surface area contributed by atoms with Crippen LogP contribution in [0.1, 0.15) is 22.7 Å². The Labute approximate surface area is 223 Å². The number of rotatable bonds is 4. The van der Waals surface area contributed by atoms with Crippen LogP contribution in [0.15, 0.2) is 54.1 Å². The van der Waals surface area contributed by atoms with E-state index in [2.05, 4.69) is 4.98 Å². The van der Waals surface area contributed by atoms with Gasteiger partial charge < -0.3 is 9.84 Å². The molecule has 1 atom stereocenters. The SMILES string of the molecule is COc1c(Cl)cc(Cl)cc1/C(O)=C1\C(=O)C(=O)N(c2nc3c(F)cc(F)cc3s2)C1c1cccc(C)c1. The lowest BCUT2D eigenvalue weighted by molar-refractivity contribution is -0.132. The van der Waals surface area contributed by atoms with Gasteiger partial charge in [-0.2, -0.15) is 0 Å². The van der Waals surface area contributed by atoms with E-state index in [9.17, 15) is 23.5 Å². The van der Waals surface area contributed by atoms with Crippen molar-refractivity contribution in [3.8, 4) is 5.75 Å². The molecule has 0 aliphatic carbocycles. The molecule has 1 unspecified atom stereocenters. The van der Waals surface area contributed by atoms with Crippen molar-refractivity contribution < 1.29 is 28.2 Å². The summed E-state index contributed by atoms with van der Waals surface area (Å²) in [6.07, 6.45) is 0. The number of carbonyl (C=O) groups is 2. The Morgan fingerprint density at radius 2 is 1.89 bits per heavy atom. The number of thiazole rings is 1. The van der Waals surface area contributed by atoms with Crippen molar-refractivity contribution in [2.45, 2.75) is 13.0 Å². The lowest BCUT2D eigenvalue weighted by Crippen LogP contribution is -2.29. The number of carbonyl (C=O) groups excluding carboxylic acids is 2. The highest BCUT2D eigenvalue weighted by atomic mass is 35.5. The number of fused-ring (bicyclic) bond motifs is 1. The van der Waals surface area contributed by atoms with Gasteiger partial charge in [-0.3, -0.25) is 14.5 Å². The first kappa shape index (κ1) is 25.1. The number of hydrogen-bond donors (Lipinski definition) is 1. The minimum Gasteiger partial charge on any atom is -0.507 e. The van der Waals surface area contributed by atoms with E-state index in [-0.39, 0.29) is 42.3 Å². The Morgan fingerprint density at radius 3 is 2.59 bits per heavy atom. The second-order valence-electron chi connectivity index (χ2n) is 8.28. The molecule has 5 rings (SSSR count). The number of aliphatic hydroxyl groups is 1. The number of methoxy groups -OCH3 is 1. The molecule has 11 heteroatoms. The fourth-order valence-electron chi connectivity index (χ4n) is 4.32. The predicted molar refractivity (Wildman–Crippen MR) is 139 cm³/mol. The molecule has 1 aromatic heterocycles. The average molecular weight is 561 g/mol. The number of halogens is 4. The number of Topliss-reactive ketones (excluding diaryl/α,β-unsaturated/α-hetero) is 1. The number of ether oxygens (including phenoxy) is 1. The molecule has 3 aromatic carbocycles. The Balaban J connectivity index is 1.79. The summed E-state index contributed by atoms with van der Waals surface area (Å²) in [5.74, 6) is -4.22. The van der Waals surface area contributed by atoms with Crippen LogP contribution in [0.4, 0.5) is 13.9 Å². The molecule has 6 nitrogen and oxygen atoms in total. The molecule has 2 heterocycles. The summed E-state index contributed by atoms with van der Waals surface area (Å²) in [5, 5.41) is 11.6. The van der Waals surface area contributed by atoms with E-state index < -0.39 is 35.1 Å². The fraction of sp³-hybridized carbons (Fsp3) is 0.115. The zero-order valence-corrected chi connectivity index (χ0v) is 21.5. The first-order valence-corrected chi connectivity index (χ1v) is 12.3. The van der Waals surface area contributed by atoms with Crippen LogP contribution in [0.5, 0.6) is 5.75 Å². The van der Waals surface area contributed by atoms with Crippen molar-refractivity contribution in [2.75, 3.05) is 12.0 Å². The van der Waals surface area contributed by atoms with Crippen LogP contribution < -0.4 is 9.64 Å². The summed E-state index contributed by atoms with van der Waals surface area (Å²) in [6, 6.07) is 10.4. The predicted octanol–water partition coefficient (Wildman–Crippen LogP) is 6.82. The molecule has 4 aromatic rings. The van der Waals surface area contributed by atoms with Crippen LogP contribution in [0, 0.1) is 18.6 Å². The Bertz CT molecular complexity index is 1650. The van der Waals surface area contributed by atoms with Gasteiger partial charge in [-0.1, -0.05) is 64.4 Å². The zero-order valence-electron chi connectivity index (χ0n) is 19.2. The smallest absolute Gasteiger partial charge is 0.301 e. The summed E-state index contributed by atoms with van der Waals surface area (Å²) in [6.45, 7) is 1.82. The minimum atomic E-state index is -1.14. The van der Waals surface area contributed by atoms with Crippen molar-refractivity contribution in [2.24, 2.45) is 0 Å². The summed E-state index contributed by atoms with van der Waals surface area (Å²) in [7, 11) is 1.33. The third-order valence-corrected chi connectivity index (χ3v) is 7.38. The second-order valence-corrected chi connectivity index (χ2v) is 10.1. The van der Waals surface area contributed by atoms with E-state index in [0.717, 1.165) is 27.9 Å². The average Bonchev–Trinajstić information content (AvgIpc) is 3.37. The van der Waals surface area contributed by atoms with Crippen molar-refractivity contribution in [1.82, 2.24) is 4.98 Å². The first-order chi connectivity index (χ1) is 17.6. The number of hydrogen-bond acceptors (Lipinski definition) is 6. The van der Waals surface area contributed by atoms with Gasteiger partial charge in [0.2, 0.25) is 0 Å². The van der Waals surface area contributed by atoms with E-state index in [1.54, 1.807) is 18.2 Å². The van der Waals surface area contributed by atoms with Gasteiger partial charge in [0.25, 0.3) is 5.78 Å². The molecule has 1 N–H and O–H groups in total. The maximum Gasteiger partial charge on any atom is 0.301 e. The third kappa shape index (κ3) is 4.22. The summed E-state index contributed by atoms with van der Waals surface area (Å²) >= 11 is 13.2. The van der Waals surface area contributed by atoms with E-state index in [1.165, 1.54) is 19.2 Å².